The molecule has 6 nitrogen and oxygen atoms in total. The Kier molecular flexibility index (Phi) is 7.39. The van der Waals surface area contributed by atoms with Crippen molar-refractivity contribution < 1.29 is 19.1 Å². The lowest BCUT2D eigenvalue weighted by Gasteiger charge is -2.21. The molecule has 1 aromatic rings. The van der Waals surface area contributed by atoms with Gasteiger partial charge in [-0.1, -0.05) is 13.8 Å². The second kappa shape index (κ2) is 9.04. The quantitative estimate of drug-likeness (QED) is 0.708. The van der Waals surface area contributed by atoms with Crippen molar-refractivity contribution in [2.24, 2.45) is 5.92 Å². The van der Waals surface area contributed by atoms with Crippen LogP contribution in [-0.4, -0.2) is 45.2 Å². The van der Waals surface area contributed by atoms with Gasteiger partial charge in [0, 0.05) is 19.2 Å². The number of carbonyl (C=O) groups excluding carboxylic acids is 2. The molecule has 0 aliphatic heterocycles. The van der Waals surface area contributed by atoms with Crippen molar-refractivity contribution in [1.29, 1.82) is 0 Å². The van der Waals surface area contributed by atoms with E-state index in [1.54, 1.807) is 38.5 Å². The first-order valence-electron chi connectivity index (χ1n) is 7.21. The summed E-state index contributed by atoms with van der Waals surface area (Å²) in [5, 5.41) is 5.51. The summed E-state index contributed by atoms with van der Waals surface area (Å²) < 4.78 is 9.94. The predicted octanol–water partition coefficient (Wildman–Crippen LogP) is 1.21. The monoisotopic (exact) mass is 308 g/mol. The van der Waals surface area contributed by atoms with E-state index in [1.165, 1.54) is 0 Å². The lowest BCUT2D eigenvalue weighted by Crippen LogP contribution is -2.50. The van der Waals surface area contributed by atoms with Gasteiger partial charge < -0.3 is 20.1 Å². The molecule has 0 aliphatic carbocycles. The van der Waals surface area contributed by atoms with Gasteiger partial charge >= 0.3 is 0 Å². The Hall–Kier alpha value is -2.08. The van der Waals surface area contributed by atoms with Crippen LogP contribution in [0.3, 0.4) is 0 Å². The number of carbonyl (C=O) groups is 2. The number of amides is 2. The SMILES string of the molecule is COCCNC(=O)[C@@H](NC(=O)c1ccc(OC)cc1)C(C)C. The third-order valence-electron chi connectivity index (χ3n) is 3.19. The molecular formula is C16H24N2O4. The van der Waals surface area contributed by atoms with Gasteiger partial charge in [-0.25, -0.2) is 0 Å². The zero-order valence-corrected chi connectivity index (χ0v) is 13.5. The fraction of sp³-hybridized carbons (Fsp3) is 0.500. The van der Waals surface area contributed by atoms with E-state index in [9.17, 15) is 9.59 Å². The van der Waals surface area contributed by atoms with Crippen LogP contribution >= 0.6 is 0 Å². The van der Waals surface area contributed by atoms with Crippen LogP contribution in [0.1, 0.15) is 24.2 Å². The number of benzene rings is 1. The predicted molar refractivity (Wildman–Crippen MR) is 84.0 cm³/mol. The second-order valence-corrected chi connectivity index (χ2v) is 5.21. The Bertz CT molecular complexity index is 485. The molecule has 0 heterocycles. The molecule has 0 fully saturated rings. The van der Waals surface area contributed by atoms with Crippen molar-refractivity contribution >= 4 is 11.8 Å². The van der Waals surface area contributed by atoms with Crippen molar-refractivity contribution in [2.75, 3.05) is 27.4 Å². The summed E-state index contributed by atoms with van der Waals surface area (Å²) in [4.78, 5) is 24.4. The van der Waals surface area contributed by atoms with Gasteiger partial charge in [-0.3, -0.25) is 9.59 Å². The third kappa shape index (κ3) is 5.37. The Morgan fingerprint density at radius 3 is 2.27 bits per heavy atom. The number of ether oxygens (including phenoxy) is 2. The van der Waals surface area contributed by atoms with Crippen LogP contribution in [0.25, 0.3) is 0 Å². The van der Waals surface area contributed by atoms with Crippen LogP contribution in [0.2, 0.25) is 0 Å². The van der Waals surface area contributed by atoms with E-state index in [-0.39, 0.29) is 17.7 Å². The Morgan fingerprint density at radius 2 is 1.77 bits per heavy atom. The van der Waals surface area contributed by atoms with Gasteiger partial charge in [0.05, 0.1) is 13.7 Å². The highest BCUT2D eigenvalue weighted by molar-refractivity contribution is 5.97. The number of hydrogen-bond acceptors (Lipinski definition) is 4. The van der Waals surface area contributed by atoms with Gasteiger partial charge in [0.1, 0.15) is 11.8 Å². The van der Waals surface area contributed by atoms with Gasteiger partial charge in [0.2, 0.25) is 5.91 Å². The molecule has 0 spiro atoms. The van der Waals surface area contributed by atoms with E-state index in [1.807, 2.05) is 13.8 Å². The molecule has 122 valence electrons. The molecule has 0 radical (unpaired) electrons. The molecule has 0 unspecified atom stereocenters. The first-order chi connectivity index (χ1) is 10.5. The third-order valence-corrected chi connectivity index (χ3v) is 3.19. The average Bonchev–Trinajstić information content (AvgIpc) is 2.52. The zero-order chi connectivity index (χ0) is 16.5. The van der Waals surface area contributed by atoms with Gasteiger partial charge in [0.25, 0.3) is 5.91 Å². The molecule has 0 saturated heterocycles. The molecule has 1 aromatic carbocycles. The highest BCUT2D eigenvalue weighted by Crippen LogP contribution is 2.12. The Labute approximate surface area is 131 Å². The van der Waals surface area contributed by atoms with Crippen LogP contribution in [0.15, 0.2) is 24.3 Å². The molecule has 2 N–H and O–H groups in total. The van der Waals surface area contributed by atoms with Gasteiger partial charge in [0.15, 0.2) is 0 Å². The molecule has 0 bridgehead atoms. The van der Waals surface area contributed by atoms with E-state index >= 15 is 0 Å². The van der Waals surface area contributed by atoms with Crippen molar-refractivity contribution in [1.82, 2.24) is 10.6 Å². The Balaban J connectivity index is 2.68. The Morgan fingerprint density at radius 1 is 1.14 bits per heavy atom. The summed E-state index contributed by atoms with van der Waals surface area (Å²) in [7, 11) is 3.13. The number of nitrogens with one attached hydrogen (secondary N) is 2. The fourth-order valence-corrected chi connectivity index (χ4v) is 1.89. The van der Waals surface area contributed by atoms with Gasteiger partial charge in [-0.2, -0.15) is 0 Å². The number of methoxy groups -OCH3 is 2. The smallest absolute Gasteiger partial charge is 0.251 e. The van der Waals surface area contributed by atoms with Crippen LogP contribution in [0.4, 0.5) is 0 Å². The van der Waals surface area contributed by atoms with Crippen molar-refractivity contribution in [3.8, 4) is 5.75 Å². The molecule has 22 heavy (non-hydrogen) atoms. The molecule has 0 aromatic heterocycles. The van der Waals surface area contributed by atoms with Crippen LogP contribution < -0.4 is 15.4 Å². The van der Waals surface area contributed by atoms with Crippen LogP contribution in [0, 0.1) is 5.92 Å². The van der Waals surface area contributed by atoms with E-state index in [0.29, 0.717) is 24.5 Å². The average molecular weight is 308 g/mol. The highest BCUT2D eigenvalue weighted by Gasteiger charge is 2.24. The molecule has 6 heteroatoms. The van der Waals surface area contributed by atoms with Gasteiger partial charge in [-0.05, 0) is 30.2 Å². The second-order valence-electron chi connectivity index (χ2n) is 5.21. The lowest BCUT2D eigenvalue weighted by molar-refractivity contribution is -0.124. The first-order valence-corrected chi connectivity index (χ1v) is 7.21. The zero-order valence-electron chi connectivity index (χ0n) is 13.5. The van der Waals surface area contributed by atoms with E-state index in [2.05, 4.69) is 10.6 Å². The first kappa shape index (κ1) is 18.0. The summed E-state index contributed by atoms with van der Waals surface area (Å²) in [6.07, 6.45) is 0. The summed E-state index contributed by atoms with van der Waals surface area (Å²) in [5.74, 6) is 0.149. The summed E-state index contributed by atoms with van der Waals surface area (Å²) in [5.41, 5.74) is 0.483. The number of hydrogen-bond donors (Lipinski definition) is 2. The van der Waals surface area contributed by atoms with Gasteiger partial charge in [-0.15, -0.1) is 0 Å². The van der Waals surface area contributed by atoms with E-state index in [4.69, 9.17) is 9.47 Å². The van der Waals surface area contributed by atoms with Crippen LogP contribution in [0.5, 0.6) is 5.75 Å². The molecule has 1 rings (SSSR count). The minimum atomic E-state index is -0.591. The summed E-state index contributed by atoms with van der Waals surface area (Å²) in [6, 6.07) is 6.14. The molecular weight excluding hydrogens is 284 g/mol. The molecule has 0 aliphatic rings. The fourth-order valence-electron chi connectivity index (χ4n) is 1.89. The van der Waals surface area contributed by atoms with Crippen molar-refractivity contribution in [3.63, 3.8) is 0 Å². The highest BCUT2D eigenvalue weighted by atomic mass is 16.5. The number of rotatable bonds is 8. The summed E-state index contributed by atoms with van der Waals surface area (Å²) in [6.45, 7) is 4.61. The minimum absolute atomic E-state index is 0.0234. The van der Waals surface area contributed by atoms with E-state index in [0.717, 1.165) is 0 Å². The largest absolute Gasteiger partial charge is 0.497 e. The maximum atomic E-state index is 12.2. The summed E-state index contributed by atoms with van der Waals surface area (Å²) >= 11 is 0. The standard InChI is InChI=1S/C16H24N2O4/c1-11(2)14(16(20)17-9-10-21-3)18-15(19)12-5-7-13(22-4)8-6-12/h5-8,11,14H,9-10H2,1-4H3,(H,17,20)(H,18,19)/t14-/m0/s1. The maximum Gasteiger partial charge on any atom is 0.251 e. The van der Waals surface area contributed by atoms with Crippen molar-refractivity contribution in [3.05, 3.63) is 29.8 Å². The van der Waals surface area contributed by atoms with Crippen LogP contribution in [-0.2, 0) is 9.53 Å². The topological polar surface area (TPSA) is 76.7 Å². The van der Waals surface area contributed by atoms with Crippen molar-refractivity contribution in [2.45, 2.75) is 19.9 Å². The normalized spacial score (nSPS) is 11.9. The molecule has 1 atom stereocenters. The van der Waals surface area contributed by atoms with E-state index < -0.39 is 6.04 Å². The lowest BCUT2D eigenvalue weighted by atomic mass is 10.0. The minimum Gasteiger partial charge on any atom is -0.497 e. The maximum absolute atomic E-state index is 12.2. The molecule has 0 saturated carbocycles. The molecule has 2 amide bonds.